The highest BCUT2D eigenvalue weighted by atomic mass is 16.1. The standard InChI is InChI=1S/C18H19N5O/c24-17-8-16(20-12-21-17)23-9-14(18-15(10-23)19-11-22-18)7-6-13-4-2-1-3-5-13/h1-5,8,11-12,14H,6-7,9-10H2,(H,19,22)(H,20,21,24). The Labute approximate surface area is 139 Å². The minimum absolute atomic E-state index is 0.128. The molecule has 1 atom stereocenters. The van der Waals surface area contributed by atoms with Gasteiger partial charge in [0.25, 0.3) is 5.56 Å². The average molecular weight is 321 g/mol. The third-order valence-electron chi connectivity index (χ3n) is 4.54. The third kappa shape index (κ3) is 2.95. The largest absolute Gasteiger partial charge is 0.350 e. The molecule has 2 N–H and O–H groups in total. The van der Waals surface area contributed by atoms with Crippen LogP contribution in [0.25, 0.3) is 0 Å². The number of benzene rings is 1. The smallest absolute Gasteiger partial charge is 0.252 e. The summed E-state index contributed by atoms with van der Waals surface area (Å²) in [7, 11) is 0. The third-order valence-corrected chi connectivity index (χ3v) is 4.54. The Morgan fingerprint density at radius 1 is 1.12 bits per heavy atom. The molecule has 1 aliphatic rings. The van der Waals surface area contributed by atoms with Crippen LogP contribution in [0.3, 0.4) is 0 Å². The van der Waals surface area contributed by atoms with Gasteiger partial charge in [0.15, 0.2) is 0 Å². The molecule has 4 rings (SSSR count). The van der Waals surface area contributed by atoms with Gasteiger partial charge in [0.2, 0.25) is 0 Å². The Morgan fingerprint density at radius 2 is 1.96 bits per heavy atom. The van der Waals surface area contributed by atoms with E-state index in [1.54, 1.807) is 12.4 Å². The van der Waals surface area contributed by atoms with E-state index in [1.165, 1.54) is 11.9 Å². The number of hydrogen-bond donors (Lipinski definition) is 2. The van der Waals surface area contributed by atoms with Gasteiger partial charge in [-0.05, 0) is 18.4 Å². The molecule has 3 heterocycles. The molecule has 6 nitrogen and oxygen atoms in total. The topological polar surface area (TPSA) is 77.7 Å². The molecule has 2 aromatic heterocycles. The van der Waals surface area contributed by atoms with Gasteiger partial charge in [-0.2, -0.15) is 0 Å². The van der Waals surface area contributed by atoms with E-state index in [9.17, 15) is 4.79 Å². The summed E-state index contributed by atoms with van der Waals surface area (Å²) in [5.74, 6) is 1.03. The Bertz CT molecular complexity index is 870. The summed E-state index contributed by atoms with van der Waals surface area (Å²) in [6.07, 6.45) is 5.24. The lowest BCUT2D eigenvalue weighted by Gasteiger charge is -2.32. The molecule has 3 aromatic rings. The fraction of sp³-hybridized carbons (Fsp3) is 0.278. The van der Waals surface area contributed by atoms with Gasteiger partial charge in [0, 0.05) is 18.5 Å². The first-order valence-electron chi connectivity index (χ1n) is 8.15. The lowest BCUT2D eigenvalue weighted by Crippen LogP contribution is -2.35. The first-order valence-corrected chi connectivity index (χ1v) is 8.15. The minimum Gasteiger partial charge on any atom is -0.350 e. The van der Waals surface area contributed by atoms with Crippen LogP contribution in [0.1, 0.15) is 29.3 Å². The lowest BCUT2D eigenvalue weighted by atomic mass is 9.92. The van der Waals surface area contributed by atoms with Crippen LogP contribution in [0.2, 0.25) is 0 Å². The maximum Gasteiger partial charge on any atom is 0.252 e. The molecule has 1 unspecified atom stereocenters. The zero-order chi connectivity index (χ0) is 16.4. The zero-order valence-corrected chi connectivity index (χ0v) is 13.3. The van der Waals surface area contributed by atoms with E-state index in [4.69, 9.17) is 0 Å². The van der Waals surface area contributed by atoms with Crippen LogP contribution in [-0.2, 0) is 13.0 Å². The second-order valence-electron chi connectivity index (χ2n) is 6.14. The Kier molecular flexibility index (Phi) is 3.86. The molecular weight excluding hydrogens is 302 g/mol. The molecule has 0 aliphatic carbocycles. The number of hydrogen-bond acceptors (Lipinski definition) is 4. The van der Waals surface area contributed by atoms with Gasteiger partial charge in [0.05, 0.1) is 30.6 Å². The monoisotopic (exact) mass is 321 g/mol. The van der Waals surface area contributed by atoms with Crippen molar-refractivity contribution in [3.63, 3.8) is 0 Å². The maximum atomic E-state index is 11.6. The summed E-state index contributed by atoms with van der Waals surface area (Å²) in [5.41, 5.74) is 3.46. The predicted molar refractivity (Wildman–Crippen MR) is 92.0 cm³/mol. The molecule has 122 valence electrons. The van der Waals surface area contributed by atoms with Crippen molar-refractivity contribution in [3.05, 3.63) is 76.4 Å². The van der Waals surface area contributed by atoms with E-state index in [2.05, 4.69) is 49.1 Å². The summed E-state index contributed by atoms with van der Waals surface area (Å²) in [6, 6.07) is 12.0. The van der Waals surface area contributed by atoms with Gasteiger partial charge in [-0.25, -0.2) is 9.97 Å². The molecule has 0 radical (unpaired) electrons. The fourth-order valence-electron chi connectivity index (χ4n) is 3.34. The van der Waals surface area contributed by atoms with E-state index in [0.717, 1.165) is 30.8 Å². The van der Waals surface area contributed by atoms with E-state index < -0.39 is 0 Å². The van der Waals surface area contributed by atoms with Crippen molar-refractivity contribution in [2.45, 2.75) is 25.3 Å². The van der Waals surface area contributed by atoms with Gasteiger partial charge in [-0.1, -0.05) is 30.3 Å². The molecule has 1 aromatic carbocycles. The predicted octanol–water partition coefficient (Wildman–Crippen LogP) is 2.23. The van der Waals surface area contributed by atoms with Gasteiger partial charge in [-0.3, -0.25) is 4.79 Å². The van der Waals surface area contributed by atoms with Gasteiger partial charge < -0.3 is 14.9 Å². The number of nitrogens with one attached hydrogen (secondary N) is 2. The number of aromatic nitrogens is 4. The summed E-state index contributed by atoms with van der Waals surface area (Å²) in [4.78, 5) is 28.4. The first-order chi connectivity index (χ1) is 11.8. The molecule has 0 bridgehead atoms. The van der Waals surface area contributed by atoms with Crippen LogP contribution < -0.4 is 10.5 Å². The number of imidazole rings is 1. The van der Waals surface area contributed by atoms with Gasteiger partial charge in [-0.15, -0.1) is 0 Å². The highest BCUT2D eigenvalue weighted by molar-refractivity contribution is 5.41. The van der Waals surface area contributed by atoms with Gasteiger partial charge >= 0.3 is 0 Å². The lowest BCUT2D eigenvalue weighted by molar-refractivity contribution is 0.545. The molecule has 0 saturated carbocycles. The Balaban J connectivity index is 1.56. The molecule has 24 heavy (non-hydrogen) atoms. The average Bonchev–Trinajstić information content (AvgIpc) is 3.09. The van der Waals surface area contributed by atoms with E-state index >= 15 is 0 Å². The van der Waals surface area contributed by atoms with Crippen LogP contribution in [0.4, 0.5) is 5.82 Å². The number of anilines is 1. The summed E-state index contributed by atoms with van der Waals surface area (Å²) < 4.78 is 0. The van der Waals surface area contributed by atoms with E-state index in [0.29, 0.717) is 18.3 Å². The number of aryl methyl sites for hydroxylation is 1. The van der Waals surface area contributed by atoms with Crippen LogP contribution in [0.15, 0.2) is 53.8 Å². The van der Waals surface area contributed by atoms with Crippen LogP contribution in [-0.4, -0.2) is 26.5 Å². The van der Waals surface area contributed by atoms with Crippen molar-refractivity contribution in [3.8, 4) is 0 Å². The quantitative estimate of drug-likeness (QED) is 0.772. The van der Waals surface area contributed by atoms with Crippen molar-refractivity contribution >= 4 is 5.82 Å². The second-order valence-corrected chi connectivity index (χ2v) is 6.14. The number of nitrogens with zero attached hydrogens (tertiary/aromatic N) is 3. The molecule has 6 heteroatoms. The summed E-state index contributed by atoms with van der Waals surface area (Å²) >= 11 is 0. The molecule has 1 aliphatic heterocycles. The van der Waals surface area contributed by atoms with E-state index in [1.807, 2.05) is 6.07 Å². The highest BCUT2D eigenvalue weighted by Gasteiger charge is 2.28. The minimum atomic E-state index is -0.128. The zero-order valence-electron chi connectivity index (χ0n) is 13.3. The number of aromatic amines is 2. The summed E-state index contributed by atoms with van der Waals surface area (Å²) in [6.45, 7) is 1.52. The van der Waals surface area contributed by atoms with Crippen molar-refractivity contribution < 1.29 is 0 Å². The van der Waals surface area contributed by atoms with Crippen molar-refractivity contribution in [2.24, 2.45) is 0 Å². The van der Waals surface area contributed by atoms with Crippen LogP contribution >= 0.6 is 0 Å². The van der Waals surface area contributed by atoms with Crippen molar-refractivity contribution in [1.29, 1.82) is 0 Å². The van der Waals surface area contributed by atoms with Gasteiger partial charge in [0.1, 0.15) is 5.82 Å². The Hall–Kier alpha value is -2.89. The SMILES string of the molecule is O=c1cc(N2Cc3[nH]cnc3C(CCc3ccccc3)C2)nc[nH]1. The van der Waals surface area contributed by atoms with Crippen LogP contribution in [0, 0.1) is 0 Å². The Morgan fingerprint density at radius 3 is 2.79 bits per heavy atom. The number of rotatable bonds is 4. The van der Waals surface area contributed by atoms with Crippen molar-refractivity contribution in [2.75, 3.05) is 11.4 Å². The molecule has 0 saturated heterocycles. The maximum absolute atomic E-state index is 11.6. The molecule has 0 fully saturated rings. The van der Waals surface area contributed by atoms with Crippen LogP contribution in [0.5, 0.6) is 0 Å². The fourth-order valence-corrected chi connectivity index (χ4v) is 3.34. The van der Waals surface area contributed by atoms with Crippen molar-refractivity contribution in [1.82, 2.24) is 19.9 Å². The molecule has 0 amide bonds. The first kappa shape index (κ1) is 14.7. The molecule has 0 spiro atoms. The second kappa shape index (κ2) is 6.31. The number of fused-ring (bicyclic) bond motifs is 1. The number of H-pyrrole nitrogens is 2. The molecular formula is C18H19N5O. The summed E-state index contributed by atoms with van der Waals surface area (Å²) in [5, 5.41) is 0. The normalized spacial score (nSPS) is 16.8. The highest BCUT2D eigenvalue weighted by Crippen LogP contribution is 2.31. The van der Waals surface area contributed by atoms with E-state index in [-0.39, 0.29) is 5.56 Å².